The molecule has 0 fully saturated rings. The highest BCUT2D eigenvalue weighted by molar-refractivity contribution is 7.98. The van der Waals surface area contributed by atoms with Crippen LogP contribution in [-0.2, 0) is 10.5 Å². The maximum atomic E-state index is 10.6. The number of hydrogen-bond donors (Lipinski definition) is 2. The Morgan fingerprint density at radius 2 is 2.47 bits per heavy atom. The number of carbonyl (C=O) groups is 1. The minimum atomic E-state index is -1.02. The molecule has 1 aromatic heterocycles. The van der Waals surface area contributed by atoms with Crippen LogP contribution in [0.2, 0.25) is 0 Å². The molecule has 1 rings (SSSR count). The Balaban J connectivity index is 0.00000256. The number of amidine groups is 1. The van der Waals surface area contributed by atoms with Crippen LogP contribution in [-0.4, -0.2) is 41.2 Å². The molecule has 0 bridgehead atoms. The summed E-state index contributed by atoms with van der Waals surface area (Å²) in [6.45, 7) is 0.592. The second-order valence-electron chi connectivity index (χ2n) is 2.78. The van der Waals surface area contributed by atoms with Crippen LogP contribution >= 0.6 is 35.5 Å². The smallest absolute Gasteiger partial charge is 0.371 e. The third-order valence-electron chi connectivity index (χ3n) is 1.67. The van der Waals surface area contributed by atoms with Crippen LogP contribution in [0.4, 0.5) is 0 Å². The van der Waals surface area contributed by atoms with Crippen molar-refractivity contribution in [3.63, 3.8) is 0 Å². The summed E-state index contributed by atoms with van der Waals surface area (Å²) < 4.78 is 0. The maximum absolute atomic E-state index is 10.6. The van der Waals surface area contributed by atoms with Gasteiger partial charge in [0.25, 0.3) is 0 Å². The monoisotopic (exact) mass is 295 g/mol. The van der Waals surface area contributed by atoms with Gasteiger partial charge in [-0.25, -0.2) is 9.78 Å². The van der Waals surface area contributed by atoms with Gasteiger partial charge in [0.15, 0.2) is 0 Å². The van der Waals surface area contributed by atoms with E-state index in [0.29, 0.717) is 6.54 Å². The van der Waals surface area contributed by atoms with Gasteiger partial charge in [-0.15, -0.1) is 23.7 Å². The van der Waals surface area contributed by atoms with E-state index in [2.05, 4.69) is 15.3 Å². The summed E-state index contributed by atoms with van der Waals surface area (Å²) in [5.41, 5.74) is 0. The van der Waals surface area contributed by atoms with Gasteiger partial charge in [-0.3, -0.25) is 4.99 Å². The Morgan fingerprint density at radius 3 is 3.00 bits per heavy atom. The van der Waals surface area contributed by atoms with E-state index in [0.717, 1.165) is 16.5 Å². The summed E-state index contributed by atoms with van der Waals surface area (Å²) in [6, 6.07) is 0. The molecule has 0 aliphatic heterocycles. The Kier molecular flexibility index (Phi) is 8.83. The molecule has 0 atom stereocenters. The van der Waals surface area contributed by atoms with Crippen molar-refractivity contribution in [1.82, 2.24) is 10.3 Å². The van der Waals surface area contributed by atoms with Crippen LogP contribution in [0.3, 0.4) is 0 Å². The molecule has 5 nitrogen and oxygen atoms in total. The highest BCUT2D eigenvalue weighted by Gasteiger charge is 2.05. The lowest BCUT2D eigenvalue weighted by molar-refractivity contribution is -0.129. The van der Waals surface area contributed by atoms with Crippen molar-refractivity contribution in [1.29, 1.82) is 0 Å². The molecule has 0 aromatic carbocycles. The van der Waals surface area contributed by atoms with Crippen LogP contribution in [0.5, 0.6) is 0 Å². The van der Waals surface area contributed by atoms with E-state index >= 15 is 0 Å². The molecule has 0 aliphatic rings. The number of thioether (sulfide) groups is 1. The number of thiazole rings is 1. The quantitative estimate of drug-likeness (QED) is 0.489. The van der Waals surface area contributed by atoms with Gasteiger partial charge >= 0.3 is 5.97 Å². The fraction of sp³-hybridized carbons (Fsp3) is 0.444. The Morgan fingerprint density at radius 1 is 1.71 bits per heavy atom. The first-order valence-corrected chi connectivity index (χ1v) is 6.67. The van der Waals surface area contributed by atoms with Crippen LogP contribution in [0, 0.1) is 0 Å². The van der Waals surface area contributed by atoms with Gasteiger partial charge in [0.05, 0.1) is 0 Å². The van der Waals surface area contributed by atoms with Gasteiger partial charge in [0.2, 0.25) is 5.84 Å². The number of nitrogens with one attached hydrogen (secondary N) is 1. The lowest BCUT2D eigenvalue weighted by atomic mass is 10.5. The van der Waals surface area contributed by atoms with Crippen molar-refractivity contribution in [2.45, 2.75) is 5.75 Å². The molecule has 96 valence electrons. The lowest BCUT2D eigenvalue weighted by Crippen LogP contribution is -2.32. The van der Waals surface area contributed by atoms with E-state index < -0.39 is 5.97 Å². The minimum absolute atomic E-state index is 0. The molecule has 0 saturated heterocycles. The van der Waals surface area contributed by atoms with Crippen molar-refractivity contribution in [2.24, 2.45) is 4.99 Å². The van der Waals surface area contributed by atoms with Crippen molar-refractivity contribution in [2.75, 3.05) is 19.3 Å². The molecule has 1 aromatic rings. The SMILES string of the molecule is CN=C(NCCSCc1nccs1)C(=O)O.Cl. The first-order valence-electron chi connectivity index (χ1n) is 4.64. The number of hydrogen-bond acceptors (Lipinski definition) is 5. The van der Waals surface area contributed by atoms with Crippen LogP contribution in [0.1, 0.15) is 5.01 Å². The number of carboxylic acids is 1. The second-order valence-corrected chi connectivity index (χ2v) is 4.87. The third-order valence-corrected chi connectivity index (χ3v) is 3.61. The highest BCUT2D eigenvalue weighted by Crippen LogP contribution is 2.13. The van der Waals surface area contributed by atoms with Crippen molar-refractivity contribution in [3.8, 4) is 0 Å². The Hall–Kier alpha value is -0.790. The number of rotatable bonds is 5. The Labute approximate surface area is 114 Å². The predicted molar refractivity (Wildman–Crippen MR) is 74.5 cm³/mol. The van der Waals surface area contributed by atoms with Crippen LogP contribution in [0.25, 0.3) is 0 Å². The van der Waals surface area contributed by atoms with E-state index in [1.165, 1.54) is 7.05 Å². The fourth-order valence-electron chi connectivity index (χ4n) is 0.976. The standard InChI is InChI=1S/C9H13N3O2S2.ClH/c1-10-8(9(13)14)12-2-4-15-6-7-11-3-5-16-7;/h3,5H,2,4,6H2,1H3,(H,10,12)(H,13,14);1H. The third kappa shape index (κ3) is 6.50. The van der Waals surface area contributed by atoms with Crippen molar-refractivity contribution >= 4 is 47.3 Å². The summed E-state index contributed by atoms with van der Waals surface area (Å²) in [5, 5.41) is 14.5. The largest absolute Gasteiger partial charge is 0.475 e. The molecule has 2 N–H and O–H groups in total. The van der Waals surface area contributed by atoms with Gasteiger partial charge < -0.3 is 10.4 Å². The number of nitrogens with zero attached hydrogens (tertiary/aromatic N) is 2. The molecule has 17 heavy (non-hydrogen) atoms. The number of aliphatic carboxylic acids is 1. The highest BCUT2D eigenvalue weighted by atomic mass is 35.5. The van der Waals surface area contributed by atoms with E-state index in [1.807, 2.05) is 5.38 Å². The summed E-state index contributed by atoms with van der Waals surface area (Å²) in [5.74, 6) is 0.680. The van der Waals surface area contributed by atoms with Crippen molar-refractivity contribution < 1.29 is 9.90 Å². The Bertz CT molecular complexity index is 357. The predicted octanol–water partition coefficient (Wildman–Crippen LogP) is 1.50. The van der Waals surface area contributed by atoms with Gasteiger partial charge in [0.1, 0.15) is 5.01 Å². The number of aliphatic imine (C=N–C) groups is 1. The zero-order chi connectivity index (χ0) is 11.8. The van der Waals surface area contributed by atoms with E-state index in [9.17, 15) is 4.79 Å². The number of aromatic nitrogens is 1. The molecular formula is C9H14ClN3O2S2. The molecule has 0 unspecified atom stereocenters. The molecular weight excluding hydrogens is 282 g/mol. The number of carboxylic acid groups (broad SMARTS) is 1. The topological polar surface area (TPSA) is 74.6 Å². The van der Waals surface area contributed by atoms with Gasteiger partial charge in [-0.1, -0.05) is 0 Å². The van der Waals surface area contributed by atoms with Crippen LogP contribution in [0.15, 0.2) is 16.6 Å². The molecule has 0 saturated carbocycles. The summed E-state index contributed by atoms with van der Waals surface area (Å²) >= 11 is 3.34. The summed E-state index contributed by atoms with van der Waals surface area (Å²) in [7, 11) is 1.46. The summed E-state index contributed by atoms with van der Waals surface area (Å²) in [4.78, 5) is 18.3. The van der Waals surface area contributed by atoms with E-state index in [4.69, 9.17) is 5.11 Å². The van der Waals surface area contributed by atoms with E-state index in [-0.39, 0.29) is 18.2 Å². The second kappa shape index (κ2) is 9.26. The minimum Gasteiger partial charge on any atom is -0.475 e. The molecule has 0 radical (unpaired) electrons. The van der Waals surface area contributed by atoms with Gasteiger partial charge in [0, 0.05) is 36.7 Å². The lowest BCUT2D eigenvalue weighted by Gasteiger charge is -2.04. The molecule has 8 heteroatoms. The molecule has 0 spiro atoms. The first kappa shape index (κ1) is 16.2. The normalized spacial score (nSPS) is 10.8. The molecule has 0 amide bonds. The van der Waals surface area contributed by atoms with Crippen LogP contribution < -0.4 is 5.32 Å². The zero-order valence-corrected chi connectivity index (χ0v) is 11.7. The van der Waals surface area contributed by atoms with Crippen molar-refractivity contribution in [3.05, 3.63) is 16.6 Å². The zero-order valence-electron chi connectivity index (χ0n) is 9.25. The average molecular weight is 296 g/mol. The molecule has 0 aliphatic carbocycles. The maximum Gasteiger partial charge on any atom is 0.371 e. The summed E-state index contributed by atoms with van der Waals surface area (Å²) in [6.07, 6.45) is 1.78. The average Bonchev–Trinajstić information content (AvgIpc) is 2.75. The van der Waals surface area contributed by atoms with Gasteiger partial charge in [-0.2, -0.15) is 11.8 Å². The first-order chi connectivity index (χ1) is 7.74. The number of halogens is 1. The fourth-order valence-corrected chi connectivity index (χ4v) is 2.54. The van der Waals surface area contributed by atoms with Gasteiger partial charge in [-0.05, 0) is 0 Å². The molecule has 1 heterocycles. The van der Waals surface area contributed by atoms with E-state index in [1.54, 1.807) is 29.3 Å².